The van der Waals surface area contributed by atoms with E-state index in [1.165, 1.54) is 17.4 Å². The van der Waals surface area contributed by atoms with Gasteiger partial charge in [-0.2, -0.15) is 0 Å². The van der Waals surface area contributed by atoms with E-state index in [0.717, 1.165) is 5.69 Å². The highest BCUT2D eigenvalue weighted by molar-refractivity contribution is 5.49. The minimum atomic E-state index is 0.325. The minimum absolute atomic E-state index is 0.325. The first-order valence-corrected chi connectivity index (χ1v) is 5.98. The van der Waals surface area contributed by atoms with E-state index in [4.69, 9.17) is 10.3 Å². The predicted octanol–water partition coefficient (Wildman–Crippen LogP) is 3.26. The number of hydrogen-bond donors (Lipinski definition) is 1. The molecule has 0 saturated carbocycles. The van der Waals surface area contributed by atoms with E-state index in [-0.39, 0.29) is 0 Å². The second-order valence-corrected chi connectivity index (χ2v) is 4.89. The first-order chi connectivity index (χ1) is 8.20. The molecule has 1 aliphatic carbocycles. The molecule has 1 aromatic carbocycles. The first kappa shape index (κ1) is 10.4. The highest BCUT2D eigenvalue weighted by atomic mass is 16.5. The number of nitrogens with zero attached hydrogens (tertiary/aromatic N) is 1. The second-order valence-electron chi connectivity index (χ2n) is 4.89. The van der Waals surface area contributed by atoms with Crippen molar-refractivity contribution in [1.29, 1.82) is 0 Å². The Bertz CT molecular complexity index is 518. The molecule has 88 valence electrons. The molecule has 0 aliphatic heterocycles. The number of fused-ring (bicyclic) bond motifs is 1. The number of anilines is 1. The van der Waals surface area contributed by atoms with Crippen LogP contribution in [0.5, 0.6) is 0 Å². The molecule has 1 aliphatic rings. The summed E-state index contributed by atoms with van der Waals surface area (Å²) in [5, 5.41) is 4.08. The van der Waals surface area contributed by atoms with E-state index in [1.807, 2.05) is 0 Å². The van der Waals surface area contributed by atoms with Crippen LogP contribution in [0.1, 0.15) is 48.4 Å². The van der Waals surface area contributed by atoms with Gasteiger partial charge < -0.3 is 10.3 Å². The average Bonchev–Trinajstić information content (AvgIpc) is 2.84. The Kier molecular flexibility index (Phi) is 2.21. The summed E-state index contributed by atoms with van der Waals surface area (Å²) >= 11 is 0. The van der Waals surface area contributed by atoms with Gasteiger partial charge in [0.2, 0.25) is 0 Å². The van der Waals surface area contributed by atoms with Gasteiger partial charge in [-0.15, -0.1) is 0 Å². The average molecular weight is 228 g/mol. The van der Waals surface area contributed by atoms with Crippen molar-refractivity contribution in [2.45, 2.75) is 31.6 Å². The van der Waals surface area contributed by atoms with Crippen LogP contribution in [0.4, 0.5) is 5.69 Å². The van der Waals surface area contributed by atoms with Crippen LogP contribution < -0.4 is 5.73 Å². The molecule has 2 unspecified atom stereocenters. The molecule has 0 amide bonds. The zero-order valence-corrected chi connectivity index (χ0v) is 10.1. The van der Waals surface area contributed by atoms with Crippen molar-refractivity contribution in [1.82, 2.24) is 5.16 Å². The van der Waals surface area contributed by atoms with Crippen LogP contribution >= 0.6 is 0 Å². The molecule has 2 atom stereocenters. The third-order valence-corrected chi connectivity index (χ3v) is 4.00. The maximum Gasteiger partial charge on any atom is 0.147 e. The number of benzene rings is 1. The van der Waals surface area contributed by atoms with Crippen molar-refractivity contribution < 1.29 is 4.52 Å². The quantitative estimate of drug-likeness (QED) is 0.815. The number of hydrogen-bond acceptors (Lipinski definition) is 3. The van der Waals surface area contributed by atoms with E-state index in [1.54, 1.807) is 0 Å². The normalized spacial score (nSPS) is 27.1. The van der Waals surface area contributed by atoms with E-state index in [9.17, 15) is 0 Å². The molecule has 0 spiro atoms. The lowest BCUT2D eigenvalue weighted by Gasteiger charge is -2.18. The lowest BCUT2D eigenvalue weighted by molar-refractivity contribution is 0.395. The summed E-state index contributed by atoms with van der Waals surface area (Å²) in [5.74, 6) is 1.20. The van der Waals surface area contributed by atoms with Gasteiger partial charge in [0, 0.05) is 5.92 Å². The monoisotopic (exact) mass is 228 g/mol. The highest BCUT2D eigenvalue weighted by Gasteiger charge is 2.38. The number of rotatable bonds is 1. The molecule has 3 nitrogen and oxygen atoms in total. The fourth-order valence-electron chi connectivity index (χ4n) is 3.14. The molecule has 1 heterocycles. The van der Waals surface area contributed by atoms with Crippen molar-refractivity contribution in [3.8, 4) is 0 Å². The zero-order chi connectivity index (χ0) is 12.0. The topological polar surface area (TPSA) is 52.0 Å². The lowest BCUT2D eigenvalue weighted by atomic mass is 9.86. The van der Waals surface area contributed by atoms with Gasteiger partial charge in [0.1, 0.15) is 12.0 Å². The Labute approximate surface area is 101 Å². The van der Waals surface area contributed by atoms with Crippen molar-refractivity contribution in [3.05, 3.63) is 47.3 Å². The van der Waals surface area contributed by atoms with Gasteiger partial charge in [0.25, 0.3) is 0 Å². The molecule has 3 heteroatoms. The van der Waals surface area contributed by atoms with Crippen LogP contribution in [-0.2, 0) is 0 Å². The molecular weight excluding hydrogens is 212 g/mol. The van der Waals surface area contributed by atoms with E-state index in [2.05, 4.69) is 43.3 Å². The molecule has 2 aromatic rings. The van der Waals surface area contributed by atoms with Gasteiger partial charge in [-0.3, -0.25) is 0 Å². The number of nitrogens with two attached hydrogens (primary N) is 1. The summed E-state index contributed by atoms with van der Waals surface area (Å²) in [6.07, 6.45) is 1.53. The van der Waals surface area contributed by atoms with Crippen molar-refractivity contribution >= 4 is 5.69 Å². The summed E-state index contributed by atoms with van der Waals surface area (Å²) in [5.41, 5.74) is 10.3. The van der Waals surface area contributed by atoms with Gasteiger partial charge in [0.15, 0.2) is 0 Å². The lowest BCUT2D eigenvalue weighted by Crippen LogP contribution is -2.08. The first-order valence-electron chi connectivity index (χ1n) is 5.98. The molecule has 3 rings (SSSR count). The van der Waals surface area contributed by atoms with Crippen LogP contribution in [0.25, 0.3) is 0 Å². The largest absolute Gasteiger partial charge is 0.395 e. The molecule has 17 heavy (non-hydrogen) atoms. The number of nitrogen functional groups attached to an aromatic ring is 1. The fraction of sp³-hybridized carbons (Fsp3) is 0.357. The highest BCUT2D eigenvalue weighted by Crippen LogP contribution is 2.52. The molecule has 0 saturated heterocycles. The van der Waals surface area contributed by atoms with Gasteiger partial charge in [-0.1, -0.05) is 43.3 Å². The Morgan fingerprint density at radius 2 is 1.71 bits per heavy atom. The van der Waals surface area contributed by atoms with Gasteiger partial charge in [0.05, 0.1) is 5.69 Å². The minimum Gasteiger partial charge on any atom is -0.395 e. The second kappa shape index (κ2) is 3.62. The van der Waals surface area contributed by atoms with Gasteiger partial charge >= 0.3 is 0 Å². The van der Waals surface area contributed by atoms with E-state index < -0.39 is 0 Å². The Morgan fingerprint density at radius 3 is 2.18 bits per heavy atom. The van der Waals surface area contributed by atoms with E-state index >= 15 is 0 Å². The van der Waals surface area contributed by atoms with Crippen LogP contribution in [0.15, 0.2) is 35.1 Å². The Morgan fingerprint density at radius 1 is 1.12 bits per heavy atom. The summed E-state index contributed by atoms with van der Waals surface area (Å²) in [6.45, 7) is 4.47. The summed E-state index contributed by atoms with van der Waals surface area (Å²) in [4.78, 5) is 0. The third-order valence-electron chi connectivity index (χ3n) is 4.00. The molecule has 1 aromatic heterocycles. The Balaban J connectivity index is 2.09. The van der Waals surface area contributed by atoms with E-state index in [0.29, 0.717) is 23.4 Å². The summed E-state index contributed by atoms with van der Waals surface area (Å²) < 4.78 is 4.98. The van der Waals surface area contributed by atoms with Crippen molar-refractivity contribution in [2.75, 3.05) is 5.73 Å². The summed E-state index contributed by atoms with van der Waals surface area (Å²) in [7, 11) is 0. The summed E-state index contributed by atoms with van der Waals surface area (Å²) in [6, 6.07) is 8.59. The maximum atomic E-state index is 5.92. The maximum absolute atomic E-state index is 5.92. The zero-order valence-electron chi connectivity index (χ0n) is 10.1. The SMILES string of the molecule is CC1c2ccccc2C(C)C1c1nocc1N. The molecule has 0 bridgehead atoms. The van der Waals surface area contributed by atoms with Crippen molar-refractivity contribution in [3.63, 3.8) is 0 Å². The molecule has 0 fully saturated rings. The molecule has 2 N–H and O–H groups in total. The Hall–Kier alpha value is -1.77. The molecule has 0 radical (unpaired) electrons. The van der Waals surface area contributed by atoms with Crippen LogP contribution in [0.3, 0.4) is 0 Å². The predicted molar refractivity (Wildman–Crippen MR) is 66.9 cm³/mol. The smallest absolute Gasteiger partial charge is 0.147 e. The van der Waals surface area contributed by atoms with Gasteiger partial charge in [-0.05, 0) is 23.0 Å². The standard InChI is InChI=1S/C14H16N2O/c1-8-10-5-3-4-6-11(10)9(2)13(8)14-12(15)7-17-16-14/h3-9,13H,15H2,1-2H3. The fourth-order valence-corrected chi connectivity index (χ4v) is 3.14. The van der Waals surface area contributed by atoms with Crippen LogP contribution in [0, 0.1) is 0 Å². The third kappa shape index (κ3) is 1.38. The number of aromatic nitrogens is 1. The molecular formula is C14H16N2O. The van der Waals surface area contributed by atoms with Crippen LogP contribution in [-0.4, -0.2) is 5.16 Å². The van der Waals surface area contributed by atoms with Crippen LogP contribution in [0.2, 0.25) is 0 Å². The van der Waals surface area contributed by atoms with Crippen molar-refractivity contribution in [2.24, 2.45) is 0 Å². The van der Waals surface area contributed by atoms with Gasteiger partial charge in [-0.25, -0.2) is 0 Å².